The summed E-state index contributed by atoms with van der Waals surface area (Å²) >= 11 is 0. The van der Waals surface area contributed by atoms with Crippen molar-refractivity contribution in [3.05, 3.63) is 11.9 Å². The lowest BCUT2D eigenvalue weighted by molar-refractivity contribution is 0.674. The van der Waals surface area contributed by atoms with Crippen LogP contribution >= 0.6 is 0 Å². The molecule has 0 fully saturated rings. The lowest BCUT2D eigenvalue weighted by Gasteiger charge is -2.26. The van der Waals surface area contributed by atoms with Crippen LogP contribution in [0.4, 0.5) is 11.6 Å². The van der Waals surface area contributed by atoms with E-state index >= 15 is 0 Å². The van der Waals surface area contributed by atoms with Crippen molar-refractivity contribution in [1.82, 2.24) is 9.97 Å². The Balaban J connectivity index is 3.13. The molecule has 0 saturated heterocycles. The second kappa shape index (κ2) is 8.36. The van der Waals surface area contributed by atoms with E-state index in [2.05, 4.69) is 47.0 Å². The average Bonchev–Trinajstić information content (AvgIpc) is 2.47. The van der Waals surface area contributed by atoms with Gasteiger partial charge in [-0.3, -0.25) is 0 Å². The van der Waals surface area contributed by atoms with E-state index in [0.29, 0.717) is 6.54 Å². The summed E-state index contributed by atoms with van der Waals surface area (Å²) in [5, 5.41) is 12.3. The predicted octanol–water partition coefficient (Wildman–Crippen LogP) is 2.85. The molecule has 1 atom stereocenters. The van der Waals surface area contributed by atoms with Crippen LogP contribution in [0.1, 0.15) is 39.7 Å². The summed E-state index contributed by atoms with van der Waals surface area (Å²) < 4.78 is 0. The van der Waals surface area contributed by atoms with E-state index in [1.165, 1.54) is 0 Å². The summed E-state index contributed by atoms with van der Waals surface area (Å²) in [5.74, 6) is 1.87. The first-order chi connectivity index (χ1) is 9.67. The Kier molecular flexibility index (Phi) is 6.78. The van der Waals surface area contributed by atoms with Gasteiger partial charge in [-0.1, -0.05) is 13.3 Å². The van der Waals surface area contributed by atoms with Crippen LogP contribution in [0.5, 0.6) is 0 Å². The van der Waals surface area contributed by atoms with E-state index in [4.69, 9.17) is 5.26 Å². The summed E-state index contributed by atoms with van der Waals surface area (Å²) in [6.45, 7) is 10.6. The summed E-state index contributed by atoms with van der Waals surface area (Å²) in [6, 6.07) is 2.29. The van der Waals surface area contributed by atoms with Gasteiger partial charge in [-0.05, 0) is 27.2 Å². The van der Waals surface area contributed by atoms with Crippen molar-refractivity contribution in [2.24, 2.45) is 5.92 Å². The third-order valence-corrected chi connectivity index (χ3v) is 3.16. The summed E-state index contributed by atoms with van der Waals surface area (Å²) in [5.41, 5.74) is 1.16. The number of rotatable bonds is 8. The third-order valence-electron chi connectivity index (χ3n) is 3.16. The molecule has 1 rings (SSSR count). The van der Waals surface area contributed by atoms with E-state index in [0.717, 1.165) is 43.1 Å². The Morgan fingerprint density at radius 3 is 2.65 bits per heavy atom. The van der Waals surface area contributed by atoms with Gasteiger partial charge in [0, 0.05) is 25.2 Å². The van der Waals surface area contributed by atoms with Crippen LogP contribution < -0.4 is 10.2 Å². The Morgan fingerprint density at radius 1 is 1.35 bits per heavy atom. The highest BCUT2D eigenvalue weighted by Crippen LogP contribution is 2.25. The minimum atomic E-state index is -0.0121. The van der Waals surface area contributed by atoms with Crippen molar-refractivity contribution in [3.63, 3.8) is 0 Å². The molecule has 1 aromatic heterocycles. The Bertz CT molecular complexity index is 452. The quantitative estimate of drug-likeness (QED) is 0.790. The zero-order valence-corrected chi connectivity index (χ0v) is 13.0. The molecule has 1 heterocycles. The Hall–Kier alpha value is -1.83. The molecule has 0 aliphatic heterocycles. The Morgan fingerprint density at radius 2 is 2.10 bits per heavy atom. The van der Waals surface area contributed by atoms with Crippen molar-refractivity contribution in [2.45, 2.75) is 40.5 Å². The smallest absolute Gasteiger partial charge is 0.137 e. The van der Waals surface area contributed by atoms with Gasteiger partial charge in [-0.2, -0.15) is 5.26 Å². The maximum atomic E-state index is 9.02. The second-order valence-electron chi connectivity index (χ2n) is 4.87. The predicted molar refractivity (Wildman–Crippen MR) is 82.9 cm³/mol. The lowest BCUT2D eigenvalue weighted by atomic mass is 10.1. The van der Waals surface area contributed by atoms with Gasteiger partial charge in [-0.15, -0.1) is 0 Å². The molecule has 5 nitrogen and oxygen atoms in total. The number of anilines is 2. The van der Waals surface area contributed by atoms with E-state index in [9.17, 15) is 0 Å². The SMILES string of the molecule is CCCc1c(NCC)ncnc1N(CC)CC(C)C#N. The van der Waals surface area contributed by atoms with Gasteiger partial charge in [0.1, 0.15) is 18.0 Å². The van der Waals surface area contributed by atoms with Gasteiger partial charge in [-0.25, -0.2) is 9.97 Å². The maximum Gasteiger partial charge on any atom is 0.137 e. The van der Waals surface area contributed by atoms with Crippen LogP contribution in [0.2, 0.25) is 0 Å². The minimum Gasteiger partial charge on any atom is -0.370 e. The number of hydrogen-bond donors (Lipinski definition) is 1. The molecular formula is C15H25N5. The van der Waals surface area contributed by atoms with Gasteiger partial charge in [0.2, 0.25) is 0 Å². The number of nitriles is 1. The number of aromatic nitrogens is 2. The monoisotopic (exact) mass is 275 g/mol. The fourth-order valence-corrected chi connectivity index (χ4v) is 2.21. The first-order valence-electron chi connectivity index (χ1n) is 7.40. The highest BCUT2D eigenvalue weighted by Gasteiger charge is 2.17. The van der Waals surface area contributed by atoms with Gasteiger partial charge in [0.05, 0.1) is 12.0 Å². The molecule has 0 bridgehead atoms. The van der Waals surface area contributed by atoms with E-state index in [1.807, 2.05) is 6.92 Å². The topological polar surface area (TPSA) is 64.8 Å². The van der Waals surface area contributed by atoms with Crippen molar-refractivity contribution < 1.29 is 0 Å². The summed E-state index contributed by atoms with van der Waals surface area (Å²) in [6.07, 6.45) is 3.59. The largest absolute Gasteiger partial charge is 0.370 e. The number of nitrogens with one attached hydrogen (secondary N) is 1. The van der Waals surface area contributed by atoms with Crippen LogP contribution in [-0.2, 0) is 6.42 Å². The highest BCUT2D eigenvalue weighted by atomic mass is 15.2. The van der Waals surface area contributed by atoms with Gasteiger partial charge < -0.3 is 10.2 Å². The lowest BCUT2D eigenvalue weighted by Crippen LogP contribution is -2.30. The highest BCUT2D eigenvalue weighted by molar-refractivity contribution is 5.59. The zero-order valence-electron chi connectivity index (χ0n) is 13.0. The van der Waals surface area contributed by atoms with Gasteiger partial charge >= 0.3 is 0 Å². The normalized spacial score (nSPS) is 11.8. The molecule has 0 aromatic carbocycles. The molecule has 1 aromatic rings. The minimum absolute atomic E-state index is 0.0121. The molecule has 0 aliphatic rings. The molecule has 5 heteroatoms. The van der Waals surface area contributed by atoms with Crippen molar-refractivity contribution in [2.75, 3.05) is 29.9 Å². The van der Waals surface area contributed by atoms with Crippen molar-refractivity contribution in [1.29, 1.82) is 5.26 Å². The van der Waals surface area contributed by atoms with Gasteiger partial charge in [0.15, 0.2) is 0 Å². The van der Waals surface area contributed by atoms with E-state index in [1.54, 1.807) is 6.33 Å². The molecule has 110 valence electrons. The van der Waals surface area contributed by atoms with E-state index in [-0.39, 0.29) is 5.92 Å². The van der Waals surface area contributed by atoms with Crippen molar-refractivity contribution >= 4 is 11.6 Å². The summed E-state index contributed by atoms with van der Waals surface area (Å²) in [4.78, 5) is 11.0. The zero-order chi connectivity index (χ0) is 15.0. The van der Waals surface area contributed by atoms with Crippen LogP contribution in [0.25, 0.3) is 0 Å². The molecule has 0 spiro atoms. The standard InChI is InChI=1S/C15H25N5/c1-5-8-13-14(17-6-2)18-11-19-15(13)20(7-3)10-12(4)9-16/h11-12H,5-8,10H2,1-4H3,(H,17,18,19). The molecule has 0 amide bonds. The van der Waals surface area contributed by atoms with Gasteiger partial charge in [0.25, 0.3) is 0 Å². The number of nitrogens with zero attached hydrogens (tertiary/aromatic N) is 4. The first kappa shape index (κ1) is 16.2. The third kappa shape index (κ3) is 4.09. The molecule has 1 N–H and O–H groups in total. The van der Waals surface area contributed by atoms with Crippen molar-refractivity contribution in [3.8, 4) is 6.07 Å². The molecule has 0 aliphatic carbocycles. The average molecular weight is 275 g/mol. The van der Waals surface area contributed by atoms with E-state index < -0.39 is 0 Å². The number of hydrogen-bond acceptors (Lipinski definition) is 5. The summed E-state index contributed by atoms with van der Waals surface area (Å²) in [7, 11) is 0. The van der Waals surface area contributed by atoms with Crippen LogP contribution in [0.15, 0.2) is 6.33 Å². The molecule has 0 radical (unpaired) electrons. The second-order valence-corrected chi connectivity index (χ2v) is 4.87. The Labute approximate surface area is 122 Å². The van der Waals surface area contributed by atoms with Crippen LogP contribution in [-0.4, -0.2) is 29.6 Å². The fourth-order valence-electron chi connectivity index (χ4n) is 2.21. The fraction of sp³-hybridized carbons (Fsp3) is 0.667. The maximum absolute atomic E-state index is 9.02. The van der Waals surface area contributed by atoms with Crippen LogP contribution in [0.3, 0.4) is 0 Å². The van der Waals surface area contributed by atoms with Crippen LogP contribution in [0, 0.1) is 17.2 Å². The molecule has 1 unspecified atom stereocenters. The molecular weight excluding hydrogens is 250 g/mol. The molecule has 0 saturated carbocycles. The first-order valence-corrected chi connectivity index (χ1v) is 7.40. The molecule has 20 heavy (non-hydrogen) atoms.